The van der Waals surface area contributed by atoms with Crippen molar-refractivity contribution >= 4 is 18.0 Å². The van der Waals surface area contributed by atoms with Crippen molar-refractivity contribution in [2.75, 3.05) is 0 Å². The van der Waals surface area contributed by atoms with Crippen LogP contribution in [0.2, 0.25) is 0 Å². The number of pyridine rings is 1. The fourth-order valence-corrected chi connectivity index (χ4v) is 1.05. The predicted molar refractivity (Wildman–Crippen MR) is 57.4 cm³/mol. The Balaban J connectivity index is 0.000000396. The van der Waals surface area contributed by atoms with Crippen LogP contribution in [0, 0.1) is 0 Å². The summed E-state index contributed by atoms with van der Waals surface area (Å²) in [6.07, 6.45) is 10.5. The highest BCUT2D eigenvalue weighted by atomic mass is 14.7. The van der Waals surface area contributed by atoms with E-state index in [2.05, 4.69) is 22.1 Å². The Morgan fingerprint density at radius 1 is 1.31 bits per heavy atom. The molecule has 1 aromatic heterocycles. The summed E-state index contributed by atoms with van der Waals surface area (Å²) in [4.78, 5) is 8.27. The van der Waals surface area contributed by atoms with E-state index in [0.29, 0.717) is 0 Å². The largest absolute Gasteiger partial charge is 0.264 e. The summed E-state index contributed by atoms with van der Waals surface area (Å²) in [7, 11) is 0. The molecule has 13 heavy (non-hydrogen) atoms. The predicted octanol–water partition coefficient (Wildman–Crippen LogP) is 3.23. The molecule has 2 nitrogen and oxygen atoms in total. The molecule has 2 rings (SSSR count). The van der Waals surface area contributed by atoms with E-state index in [1.165, 1.54) is 0 Å². The lowest BCUT2D eigenvalue weighted by Gasteiger charge is -1.94. The minimum Gasteiger partial charge on any atom is -0.264 e. The lowest BCUT2D eigenvalue weighted by atomic mass is 10.2. The van der Waals surface area contributed by atoms with Crippen molar-refractivity contribution in [3.05, 3.63) is 30.1 Å². The van der Waals surface area contributed by atoms with Gasteiger partial charge in [-0.15, -0.1) is 0 Å². The smallest absolute Gasteiger partial charge is 0.0728 e. The van der Waals surface area contributed by atoms with Gasteiger partial charge in [-0.3, -0.25) is 9.98 Å². The first-order valence-electron chi connectivity index (χ1n) is 4.60. The topological polar surface area (TPSA) is 25.2 Å². The molecule has 0 saturated heterocycles. The summed E-state index contributed by atoms with van der Waals surface area (Å²) < 4.78 is 0. The number of aliphatic imine (C=N–C) groups is 1. The van der Waals surface area contributed by atoms with Crippen molar-refractivity contribution in [1.29, 1.82) is 0 Å². The average molecular weight is 174 g/mol. The Kier molecular flexibility index (Phi) is 3.89. The molecule has 0 fully saturated rings. The Hall–Kier alpha value is -1.44. The van der Waals surface area contributed by atoms with Gasteiger partial charge in [0.25, 0.3) is 0 Å². The summed E-state index contributed by atoms with van der Waals surface area (Å²) >= 11 is 0. The molecule has 0 aromatic carbocycles. The van der Waals surface area contributed by atoms with E-state index in [1.54, 1.807) is 6.20 Å². The van der Waals surface area contributed by atoms with Crippen molar-refractivity contribution in [3.63, 3.8) is 0 Å². The fourth-order valence-electron chi connectivity index (χ4n) is 1.05. The van der Waals surface area contributed by atoms with Crippen LogP contribution in [0.15, 0.2) is 29.5 Å². The van der Waals surface area contributed by atoms with E-state index >= 15 is 0 Å². The van der Waals surface area contributed by atoms with Gasteiger partial charge in [0.05, 0.1) is 5.69 Å². The number of allylic oxidation sites excluding steroid dienone is 1. The molecule has 1 aliphatic rings. The van der Waals surface area contributed by atoms with Crippen LogP contribution in [0.3, 0.4) is 0 Å². The van der Waals surface area contributed by atoms with Crippen molar-refractivity contribution in [2.24, 2.45) is 4.99 Å². The SMILES string of the molecule is C1=Cc2cnccc2N=CC1.CC. The molecule has 0 saturated carbocycles. The molecule has 0 atom stereocenters. The number of nitrogens with zero attached hydrogens (tertiary/aromatic N) is 2. The first-order chi connectivity index (χ1) is 6.47. The van der Waals surface area contributed by atoms with Gasteiger partial charge in [0, 0.05) is 30.6 Å². The van der Waals surface area contributed by atoms with E-state index in [9.17, 15) is 0 Å². The van der Waals surface area contributed by atoms with E-state index in [1.807, 2.05) is 32.3 Å². The second-order valence-electron chi connectivity index (χ2n) is 2.38. The minimum atomic E-state index is 0.911. The summed E-state index contributed by atoms with van der Waals surface area (Å²) in [6.45, 7) is 4.00. The van der Waals surface area contributed by atoms with Gasteiger partial charge in [-0.25, -0.2) is 0 Å². The molecule has 0 radical (unpaired) electrons. The molecule has 0 aliphatic carbocycles. The monoisotopic (exact) mass is 174 g/mol. The maximum atomic E-state index is 4.26. The summed E-state index contributed by atoms with van der Waals surface area (Å²) in [5.74, 6) is 0. The van der Waals surface area contributed by atoms with Crippen molar-refractivity contribution in [1.82, 2.24) is 4.98 Å². The van der Waals surface area contributed by atoms with Crippen LogP contribution >= 0.6 is 0 Å². The van der Waals surface area contributed by atoms with E-state index in [4.69, 9.17) is 0 Å². The zero-order chi connectivity index (χ0) is 9.52. The highest BCUT2D eigenvalue weighted by Gasteiger charge is 1.97. The van der Waals surface area contributed by atoms with Gasteiger partial charge in [0.2, 0.25) is 0 Å². The van der Waals surface area contributed by atoms with Crippen LogP contribution in [-0.2, 0) is 0 Å². The van der Waals surface area contributed by atoms with Gasteiger partial charge in [-0.1, -0.05) is 26.0 Å². The maximum Gasteiger partial charge on any atom is 0.0728 e. The van der Waals surface area contributed by atoms with Crippen LogP contribution in [0.4, 0.5) is 5.69 Å². The number of hydrogen-bond acceptors (Lipinski definition) is 2. The summed E-state index contributed by atoms with van der Waals surface area (Å²) in [5.41, 5.74) is 2.11. The zero-order valence-corrected chi connectivity index (χ0v) is 8.07. The van der Waals surface area contributed by atoms with Crippen LogP contribution in [0.1, 0.15) is 25.8 Å². The molecule has 0 N–H and O–H groups in total. The second kappa shape index (κ2) is 5.25. The number of fused-ring (bicyclic) bond motifs is 1. The molecule has 0 amide bonds. The third kappa shape index (κ3) is 2.51. The van der Waals surface area contributed by atoms with Crippen LogP contribution in [0.5, 0.6) is 0 Å². The quantitative estimate of drug-likeness (QED) is 0.592. The molecule has 0 unspecified atom stereocenters. The lowest BCUT2D eigenvalue weighted by molar-refractivity contribution is 1.30. The third-order valence-corrected chi connectivity index (χ3v) is 1.60. The molecule has 0 spiro atoms. The van der Waals surface area contributed by atoms with Gasteiger partial charge in [0.15, 0.2) is 0 Å². The summed E-state index contributed by atoms with van der Waals surface area (Å²) in [6, 6.07) is 1.92. The maximum absolute atomic E-state index is 4.26. The molecule has 68 valence electrons. The van der Waals surface area contributed by atoms with Crippen molar-refractivity contribution in [3.8, 4) is 0 Å². The molecule has 0 bridgehead atoms. The zero-order valence-electron chi connectivity index (χ0n) is 8.07. The van der Waals surface area contributed by atoms with Gasteiger partial charge < -0.3 is 0 Å². The van der Waals surface area contributed by atoms with Gasteiger partial charge in [0.1, 0.15) is 0 Å². The normalized spacial score (nSPS) is 12.5. The van der Waals surface area contributed by atoms with Gasteiger partial charge in [-0.2, -0.15) is 0 Å². The van der Waals surface area contributed by atoms with Gasteiger partial charge >= 0.3 is 0 Å². The first kappa shape index (κ1) is 9.65. The molecule has 2 heterocycles. The first-order valence-corrected chi connectivity index (χ1v) is 4.60. The lowest BCUT2D eigenvalue weighted by Crippen LogP contribution is -1.75. The Bertz CT molecular complexity index is 283. The van der Waals surface area contributed by atoms with Crippen LogP contribution in [-0.4, -0.2) is 11.2 Å². The van der Waals surface area contributed by atoms with Crippen molar-refractivity contribution < 1.29 is 0 Å². The molecule has 1 aromatic rings. The highest BCUT2D eigenvalue weighted by molar-refractivity contribution is 5.74. The summed E-state index contributed by atoms with van der Waals surface area (Å²) in [5, 5.41) is 0. The van der Waals surface area contributed by atoms with Crippen LogP contribution < -0.4 is 0 Å². The Labute approximate surface area is 79.0 Å². The Morgan fingerprint density at radius 3 is 3.00 bits per heavy atom. The third-order valence-electron chi connectivity index (χ3n) is 1.60. The van der Waals surface area contributed by atoms with E-state index in [-0.39, 0.29) is 0 Å². The minimum absolute atomic E-state index is 0.911. The van der Waals surface area contributed by atoms with E-state index < -0.39 is 0 Å². The Morgan fingerprint density at radius 2 is 2.15 bits per heavy atom. The fraction of sp³-hybridized carbons (Fsp3) is 0.273. The van der Waals surface area contributed by atoms with E-state index in [0.717, 1.165) is 17.7 Å². The van der Waals surface area contributed by atoms with Crippen LogP contribution in [0.25, 0.3) is 6.08 Å². The molecular formula is C11H14N2. The number of aromatic nitrogens is 1. The van der Waals surface area contributed by atoms with Gasteiger partial charge in [-0.05, 0) is 6.07 Å². The van der Waals surface area contributed by atoms with Crippen molar-refractivity contribution in [2.45, 2.75) is 20.3 Å². The second-order valence-corrected chi connectivity index (χ2v) is 2.38. The number of rotatable bonds is 0. The molecule has 2 heteroatoms. The molecular weight excluding hydrogens is 160 g/mol. The average Bonchev–Trinajstić information content (AvgIpc) is 2.45. The number of hydrogen-bond donors (Lipinski definition) is 0. The standard InChI is InChI=1S/C9H8N2.C2H6/c1-2-5-11-9-4-6-10-7-8(9)3-1;1-2/h1,3-7H,2H2;1-2H3. The molecule has 1 aliphatic heterocycles. The highest BCUT2D eigenvalue weighted by Crippen LogP contribution is 2.20.